The number of phenolic OH excluding ortho intramolecular Hbond substituents is 1. The molecule has 2 N–H and O–H groups in total. The molecule has 0 radical (unpaired) electrons. The van der Waals surface area contributed by atoms with Gasteiger partial charge in [-0.2, -0.15) is 0 Å². The molecule has 0 atom stereocenters. The lowest BCUT2D eigenvalue weighted by molar-refractivity contribution is 0.335. The van der Waals surface area contributed by atoms with E-state index in [2.05, 4.69) is 6.58 Å². The molecule has 1 rings (SSSR count). The largest absolute Gasteiger partial charge is 0.508 e. The number of rotatable bonds is 5. The van der Waals surface area contributed by atoms with Crippen LogP contribution in [0.1, 0.15) is 5.56 Å². The summed E-state index contributed by atoms with van der Waals surface area (Å²) in [4.78, 5) is 0. The van der Waals surface area contributed by atoms with Gasteiger partial charge in [-0.1, -0.05) is 55.2 Å². The molecule has 2 heteroatoms. The summed E-state index contributed by atoms with van der Waals surface area (Å²) in [5, 5.41) is 18.1. The first-order valence-corrected chi connectivity index (χ1v) is 5.32. The van der Waals surface area contributed by atoms with Crippen molar-refractivity contribution in [3.05, 3.63) is 72.4 Å². The minimum atomic E-state index is -0.00440. The lowest BCUT2D eigenvalue weighted by Gasteiger charge is -1.93. The quantitative estimate of drug-likeness (QED) is 0.760. The Morgan fingerprint density at radius 3 is 2.47 bits per heavy atom. The van der Waals surface area contributed by atoms with Gasteiger partial charge in [0.15, 0.2) is 0 Å². The summed E-state index contributed by atoms with van der Waals surface area (Å²) >= 11 is 0. The van der Waals surface area contributed by atoms with Crippen LogP contribution in [-0.4, -0.2) is 16.8 Å². The first kappa shape index (κ1) is 13.0. The average molecular weight is 228 g/mol. The van der Waals surface area contributed by atoms with Crippen molar-refractivity contribution in [2.75, 3.05) is 6.61 Å². The predicted molar refractivity (Wildman–Crippen MR) is 71.6 cm³/mol. The second-order valence-electron chi connectivity index (χ2n) is 3.45. The maximum absolute atomic E-state index is 9.11. The molecule has 0 amide bonds. The molecule has 88 valence electrons. The lowest BCUT2D eigenvalue weighted by Crippen LogP contribution is -1.83. The van der Waals surface area contributed by atoms with Gasteiger partial charge in [-0.15, -0.1) is 0 Å². The summed E-state index contributed by atoms with van der Waals surface area (Å²) in [5.41, 5.74) is 1.81. The highest BCUT2D eigenvalue weighted by atomic mass is 16.3. The molecular weight excluding hydrogens is 212 g/mol. The van der Waals surface area contributed by atoms with Gasteiger partial charge < -0.3 is 10.2 Å². The maximum atomic E-state index is 9.11. The van der Waals surface area contributed by atoms with Crippen molar-refractivity contribution in [2.45, 2.75) is 0 Å². The summed E-state index contributed by atoms with van der Waals surface area (Å²) in [7, 11) is 0. The van der Waals surface area contributed by atoms with Crippen molar-refractivity contribution in [1.82, 2.24) is 0 Å². The average Bonchev–Trinajstić information content (AvgIpc) is 2.35. The standard InChI is InChI=1S/C15H16O2/c1-2-5-14(12-16)7-4-3-6-13-8-10-15(17)11-9-13/h2-11,16-17H,1,12H2/b6-3+,7-4+,14-5+. The monoisotopic (exact) mass is 228 g/mol. The Labute approximate surface area is 102 Å². The fourth-order valence-corrected chi connectivity index (χ4v) is 1.24. The van der Waals surface area contributed by atoms with E-state index in [0.29, 0.717) is 0 Å². The predicted octanol–water partition coefficient (Wildman–Crippen LogP) is 3.07. The molecule has 0 unspecified atom stereocenters. The summed E-state index contributed by atoms with van der Waals surface area (Å²) in [5.74, 6) is 0.258. The van der Waals surface area contributed by atoms with Gasteiger partial charge in [0.1, 0.15) is 5.75 Å². The van der Waals surface area contributed by atoms with E-state index >= 15 is 0 Å². The molecule has 0 aromatic heterocycles. The zero-order valence-corrected chi connectivity index (χ0v) is 9.58. The van der Waals surface area contributed by atoms with Gasteiger partial charge in [-0.3, -0.25) is 0 Å². The molecule has 0 bridgehead atoms. The SMILES string of the molecule is C=C\C=C(/C=C/C=C/c1ccc(O)cc1)CO. The van der Waals surface area contributed by atoms with Crippen LogP contribution in [0.5, 0.6) is 5.75 Å². The van der Waals surface area contributed by atoms with E-state index < -0.39 is 0 Å². The summed E-state index contributed by atoms with van der Waals surface area (Å²) < 4.78 is 0. The van der Waals surface area contributed by atoms with Crippen LogP contribution in [0, 0.1) is 0 Å². The Kier molecular flexibility index (Phi) is 5.55. The molecule has 17 heavy (non-hydrogen) atoms. The Balaban J connectivity index is 2.60. The molecule has 1 aromatic rings. The fourth-order valence-electron chi connectivity index (χ4n) is 1.24. The second-order valence-corrected chi connectivity index (χ2v) is 3.45. The molecule has 0 saturated carbocycles. The van der Waals surface area contributed by atoms with Crippen molar-refractivity contribution in [3.63, 3.8) is 0 Å². The third-order valence-electron chi connectivity index (χ3n) is 2.12. The Morgan fingerprint density at radius 1 is 1.18 bits per heavy atom. The van der Waals surface area contributed by atoms with Gasteiger partial charge in [0.05, 0.1) is 6.61 Å². The molecule has 0 spiro atoms. The van der Waals surface area contributed by atoms with Crippen molar-refractivity contribution < 1.29 is 10.2 Å². The van der Waals surface area contributed by atoms with Crippen LogP contribution in [0.3, 0.4) is 0 Å². The molecule has 0 heterocycles. The van der Waals surface area contributed by atoms with E-state index in [0.717, 1.165) is 11.1 Å². The first-order chi connectivity index (χ1) is 8.26. The van der Waals surface area contributed by atoms with Gasteiger partial charge in [0.25, 0.3) is 0 Å². The molecule has 0 aliphatic rings. The third kappa shape index (κ3) is 5.00. The second kappa shape index (κ2) is 7.25. The smallest absolute Gasteiger partial charge is 0.115 e. The van der Waals surface area contributed by atoms with Crippen LogP contribution in [0.2, 0.25) is 0 Å². The van der Waals surface area contributed by atoms with Crippen molar-refractivity contribution in [3.8, 4) is 5.75 Å². The zero-order valence-electron chi connectivity index (χ0n) is 9.58. The fraction of sp³-hybridized carbons (Fsp3) is 0.0667. The van der Waals surface area contributed by atoms with Gasteiger partial charge in [0, 0.05) is 0 Å². The van der Waals surface area contributed by atoms with Crippen LogP contribution in [0.25, 0.3) is 6.08 Å². The first-order valence-electron chi connectivity index (χ1n) is 5.32. The highest BCUT2D eigenvalue weighted by Gasteiger charge is 1.87. The van der Waals surface area contributed by atoms with Crippen molar-refractivity contribution in [1.29, 1.82) is 0 Å². The van der Waals surface area contributed by atoms with E-state index in [1.807, 2.05) is 36.4 Å². The topological polar surface area (TPSA) is 40.5 Å². The van der Waals surface area contributed by atoms with Crippen LogP contribution >= 0.6 is 0 Å². The lowest BCUT2D eigenvalue weighted by atomic mass is 10.2. The van der Waals surface area contributed by atoms with Crippen LogP contribution < -0.4 is 0 Å². The highest BCUT2D eigenvalue weighted by Crippen LogP contribution is 2.10. The third-order valence-corrected chi connectivity index (χ3v) is 2.12. The summed E-state index contributed by atoms with van der Waals surface area (Å²) in [6.45, 7) is 3.57. The zero-order chi connectivity index (χ0) is 12.5. The van der Waals surface area contributed by atoms with E-state index in [1.54, 1.807) is 24.3 Å². The Hall–Kier alpha value is -2.06. The minimum Gasteiger partial charge on any atom is -0.508 e. The van der Waals surface area contributed by atoms with E-state index in [9.17, 15) is 0 Å². The number of hydrogen-bond acceptors (Lipinski definition) is 2. The van der Waals surface area contributed by atoms with Gasteiger partial charge in [-0.25, -0.2) is 0 Å². The van der Waals surface area contributed by atoms with Gasteiger partial charge >= 0.3 is 0 Å². The van der Waals surface area contributed by atoms with Gasteiger partial charge in [0.2, 0.25) is 0 Å². The number of allylic oxidation sites excluding steroid dienone is 4. The molecule has 0 aliphatic heterocycles. The van der Waals surface area contributed by atoms with Crippen LogP contribution in [0.4, 0.5) is 0 Å². The molecule has 0 fully saturated rings. The van der Waals surface area contributed by atoms with Gasteiger partial charge in [-0.05, 0) is 23.3 Å². The number of phenols is 1. The molecule has 2 nitrogen and oxygen atoms in total. The van der Waals surface area contributed by atoms with Crippen molar-refractivity contribution >= 4 is 6.08 Å². The number of hydrogen-bond donors (Lipinski definition) is 2. The van der Waals surface area contributed by atoms with E-state index in [-0.39, 0.29) is 12.4 Å². The summed E-state index contributed by atoms with van der Waals surface area (Å²) in [6, 6.07) is 6.93. The number of aromatic hydroxyl groups is 1. The number of aliphatic hydroxyl groups excluding tert-OH is 1. The van der Waals surface area contributed by atoms with E-state index in [4.69, 9.17) is 10.2 Å². The molecule has 0 saturated heterocycles. The minimum absolute atomic E-state index is 0.00440. The highest BCUT2D eigenvalue weighted by molar-refractivity contribution is 5.52. The number of aliphatic hydroxyl groups is 1. The molecule has 0 aliphatic carbocycles. The maximum Gasteiger partial charge on any atom is 0.115 e. The summed E-state index contributed by atoms with van der Waals surface area (Å²) in [6.07, 6.45) is 10.8. The van der Waals surface area contributed by atoms with E-state index in [1.165, 1.54) is 0 Å². The molecular formula is C15H16O2. The van der Waals surface area contributed by atoms with Crippen LogP contribution in [0.15, 0.2) is 66.8 Å². The van der Waals surface area contributed by atoms with Crippen LogP contribution in [-0.2, 0) is 0 Å². The molecule has 1 aromatic carbocycles. The van der Waals surface area contributed by atoms with Crippen molar-refractivity contribution in [2.24, 2.45) is 0 Å². The Morgan fingerprint density at radius 2 is 1.88 bits per heavy atom. The Bertz CT molecular complexity index is 436. The normalized spacial score (nSPS) is 12.4. The number of benzene rings is 1.